The largest absolute Gasteiger partial charge is 0.497 e. The molecule has 4 heteroatoms. The van der Waals surface area contributed by atoms with Gasteiger partial charge in [-0.25, -0.2) is 0 Å². The summed E-state index contributed by atoms with van der Waals surface area (Å²) in [6.45, 7) is 2.90. The summed E-state index contributed by atoms with van der Waals surface area (Å²) < 4.78 is 10.6. The molecule has 1 unspecified atom stereocenters. The van der Waals surface area contributed by atoms with Gasteiger partial charge in [-0.15, -0.1) is 0 Å². The fourth-order valence-corrected chi connectivity index (χ4v) is 2.37. The summed E-state index contributed by atoms with van der Waals surface area (Å²) in [5.74, 6) is 2.23. The van der Waals surface area contributed by atoms with Crippen LogP contribution in [0.4, 0.5) is 0 Å². The van der Waals surface area contributed by atoms with Gasteiger partial charge in [-0.1, -0.05) is 0 Å². The van der Waals surface area contributed by atoms with Gasteiger partial charge >= 0.3 is 0 Å². The Bertz CT molecular complexity index is 431. The summed E-state index contributed by atoms with van der Waals surface area (Å²) in [4.78, 5) is 0. The molecule has 1 aromatic carbocycles. The summed E-state index contributed by atoms with van der Waals surface area (Å²) in [5.41, 5.74) is 0.843. The number of nitrogens with one attached hydrogen (secondary N) is 1. The second-order valence-corrected chi connectivity index (χ2v) is 5.38. The lowest BCUT2D eigenvalue weighted by atomic mass is 9.96. The van der Waals surface area contributed by atoms with Crippen molar-refractivity contribution in [2.45, 2.75) is 31.8 Å². The van der Waals surface area contributed by atoms with Gasteiger partial charge in [-0.2, -0.15) is 0 Å². The molecule has 1 atom stereocenters. The third-order valence-corrected chi connectivity index (χ3v) is 3.98. The van der Waals surface area contributed by atoms with Gasteiger partial charge in [-0.05, 0) is 43.9 Å². The van der Waals surface area contributed by atoms with E-state index in [4.69, 9.17) is 9.47 Å². The predicted octanol–water partition coefficient (Wildman–Crippen LogP) is 1.95. The Hall–Kier alpha value is -1.26. The van der Waals surface area contributed by atoms with Crippen molar-refractivity contribution in [3.63, 3.8) is 0 Å². The molecule has 2 N–H and O–H groups in total. The first-order chi connectivity index (χ1) is 9.12. The van der Waals surface area contributed by atoms with Crippen LogP contribution < -0.4 is 14.8 Å². The third kappa shape index (κ3) is 3.19. The lowest BCUT2D eigenvalue weighted by Gasteiger charge is -2.29. The molecule has 0 heterocycles. The van der Waals surface area contributed by atoms with Crippen LogP contribution in [0.15, 0.2) is 18.2 Å². The Morgan fingerprint density at radius 2 is 2.05 bits per heavy atom. The van der Waals surface area contributed by atoms with Crippen molar-refractivity contribution < 1.29 is 14.6 Å². The van der Waals surface area contributed by atoms with Crippen LogP contribution in [0.2, 0.25) is 0 Å². The van der Waals surface area contributed by atoms with Gasteiger partial charge in [0.05, 0.1) is 20.8 Å². The zero-order valence-electron chi connectivity index (χ0n) is 11.9. The lowest BCUT2D eigenvalue weighted by Crippen LogP contribution is -2.47. The zero-order valence-corrected chi connectivity index (χ0v) is 11.9. The van der Waals surface area contributed by atoms with Crippen molar-refractivity contribution in [1.29, 1.82) is 0 Å². The van der Waals surface area contributed by atoms with Gasteiger partial charge in [0.15, 0.2) is 0 Å². The van der Waals surface area contributed by atoms with Crippen molar-refractivity contribution in [3.8, 4) is 11.5 Å². The Balaban J connectivity index is 2.09. The van der Waals surface area contributed by atoms with Gasteiger partial charge in [0.25, 0.3) is 0 Å². The number of aliphatic hydroxyl groups excluding tert-OH is 1. The van der Waals surface area contributed by atoms with Crippen LogP contribution >= 0.6 is 0 Å². The van der Waals surface area contributed by atoms with E-state index in [2.05, 4.69) is 12.2 Å². The second-order valence-electron chi connectivity index (χ2n) is 5.38. The van der Waals surface area contributed by atoms with Gasteiger partial charge in [0, 0.05) is 17.6 Å². The molecule has 1 fully saturated rings. The molecule has 0 spiro atoms. The predicted molar refractivity (Wildman–Crippen MR) is 74.6 cm³/mol. The van der Waals surface area contributed by atoms with Gasteiger partial charge in [0.2, 0.25) is 0 Å². The van der Waals surface area contributed by atoms with Crippen LogP contribution in [0, 0.1) is 5.92 Å². The molecule has 2 rings (SSSR count). The SMILES string of the molecule is COc1ccc(OC)c(CNC(C)(CO)C2CC2)c1. The zero-order chi connectivity index (χ0) is 13.9. The Morgan fingerprint density at radius 1 is 1.32 bits per heavy atom. The minimum Gasteiger partial charge on any atom is -0.497 e. The van der Waals surface area contributed by atoms with E-state index in [1.165, 1.54) is 12.8 Å². The first-order valence-electron chi connectivity index (χ1n) is 6.69. The van der Waals surface area contributed by atoms with Crippen molar-refractivity contribution in [2.75, 3.05) is 20.8 Å². The standard InChI is InChI=1S/C15H23NO3/c1-15(10-17,12-4-5-12)16-9-11-8-13(18-2)6-7-14(11)19-3/h6-8,12,16-17H,4-5,9-10H2,1-3H3. The second kappa shape index (κ2) is 5.80. The molecule has 1 aliphatic carbocycles. The van der Waals surface area contributed by atoms with E-state index >= 15 is 0 Å². The molecule has 1 aromatic rings. The van der Waals surface area contributed by atoms with E-state index in [1.807, 2.05) is 18.2 Å². The molecule has 19 heavy (non-hydrogen) atoms. The monoisotopic (exact) mass is 265 g/mol. The van der Waals surface area contributed by atoms with E-state index < -0.39 is 0 Å². The first-order valence-corrected chi connectivity index (χ1v) is 6.69. The molecule has 0 aromatic heterocycles. The maximum atomic E-state index is 9.58. The van der Waals surface area contributed by atoms with E-state index in [9.17, 15) is 5.11 Å². The molecule has 106 valence electrons. The average Bonchev–Trinajstić information content (AvgIpc) is 3.29. The quantitative estimate of drug-likeness (QED) is 0.791. The molecule has 4 nitrogen and oxygen atoms in total. The minimum absolute atomic E-state index is 0.157. The highest BCUT2D eigenvalue weighted by molar-refractivity contribution is 5.40. The van der Waals surface area contributed by atoms with E-state index in [0.29, 0.717) is 12.5 Å². The Kier molecular flexibility index (Phi) is 4.32. The summed E-state index contributed by atoms with van der Waals surface area (Å²) in [7, 11) is 3.32. The molecule has 0 aliphatic heterocycles. The van der Waals surface area contributed by atoms with Crippen molar-refractivity contribution in [1.82, 2.24) is 5.32 Å². The Morgan fingerprint density at radius 3 is 2.58 bits per heavy atom. The Labute approximate surface area is 114 Å². The average molecular weight is 265 g/mol. The van der Waals surface area contributed by atoms with Gasteiger partial charge in [-0.3, -0.25) is 0 Å². The molecule has 0 amide bonds. The molecule has 0 bridgehead atoms. The van der Waals surface area contributed by atoms with E-state index in [-0.39, 0.29) is 12.1 Å². The normalized spacial score (nSPS) is 17.9. The summed E-state index contributed by atoms with van der Waals surface area (Å²) in [6.07, 6.45) is 2.39. The fourth-order valence-electron chi connectivity index (χ4n) is 2.37. The van der Waals surface area contributed by atoms with E-state index in [0.717, 1.165) is 17.1 Å². The number of hydrogen-bond acceptors (Lipinski definition) is 4. The van der Waals surface area contributed by atoms with Crippen molar-refractivity contribution in [3.05, 3.63) is 23.8 Å². The minimum atomic E-state index is -0.200. The number of aliphatic hydroxyl groups is 1. The number of rotatable bonds is 7. The topological polar surface area (TPSA) is 50.7 Å². The van der Waals surface area contributed by atoms with Crippen LogP contribution in [0.1, 0.15) is 25.3 Å². The van der Waals surface area contributed by atoms with Crippen molar-refractivity contribution >= 4 is 0 Å². The van der Waals surface area contributed by atoms with Crippen LogP contribution in [-0.2, 0) is 6.54 Å². The summed E-state index contributed by atoms with van der Waals surface area (Å²) >= 11 is 0. The maximum absolute atomic E-state index is 9.58. The smallest absolute Gasteiger partial charge is 0.123 e. The number of hydrogen-bond donors (Lipinski definition) is 2. The summed E-state index contributed by atoms with van der Waals surface area (Å²) in [6, 6.07) is 5.76. The third-order valence-electron chi connectivity index (χ3n) is 3.98. The highest BCUT2D eigenvalue weighted by Gasteiger charge is 2.40. The van der Waals surface area contributed by atoms with Gasteiger partial charge in [0.1, 0.15) is 11.5 Å². The fraction of sp³-hybridized carbons (Fsp3) is 0.600. The highest BCUT2D eigenvalue weighted by Crippen LogP contribution is 2.39. The first kappa shape index (κ1) is 14.2. The molecular weight excluding hydrogens is 242 g/mol. The highest BCUT2D eigenvalue weighted by atomic mass is 16.5. The van der Waals surface area contributed by atoms with Gasteiger partial charge < -0.3 is 19.9 Å². The molecule has 0 saturated heterocycles. The van der Waals surface area contributed by atoms with E-state index in [1.54, 1.807) is 14.2 Å². The van der Waals surface area contributed by atoms with Crippen LogP contribution in [0.25, 0.3) is 0 Å². The van der Waals surface area contributed by atoms with Crippen LogP contribution in [-0.4, -0.2) is 31.5 Å². The van der Waals surface area contributed by atoms with Crippen LogP contribution in [0.3, 0.4) is 0 Å². The maximum Gasteiger partial charge on any atom is 0.123 e. The summed E-state index contributed by atoms with van der Waals surface area (Å²) in [5, 5.41) is 13.0. The number of benzene rings is 1. The number of methoxy groups -OCH3 is 2. The number of ether oxygens (including phenoxy) is 2. The molecular formula is C15H23NO3. The van der Waals surface area contributed by atoms with Crippen molar-refractivity contribution in [2.24, 2.45) is 5.92 Å². The molecule has 1 aliphatic rings. The van der Waals surface area contributed by atoms with Crippen LogP contribution in [0.5, 0.6) is 11.5 Å². The molecule has 1 saturated carbocycles. The molecule has 0 radical (unpaired) electrons. The lowest BCUT2D eigenvalue weighted by molar-refractivity contribution is 0.153.